The molecule has 0 aromatic carbocycles. The van der Waals surface area contributed by atoms with Crippen LogP contribution >= 0.6 is 11.6 Å². The molecule has 134 valence electrons. The van der Waals surface area contributed by atoms with Crippen molar-refractivity contribution in [2.75, 3.05) is 11.5 Å². The summed E-state index contributed by atoms with van der Waals surface area (Å²) >= 11 is 6.32. The number of carbonyl (C=O) groups is 1. The van der Waals surface area contributed by atoms with Gasteiger partial charge in [-0.2, -0.15) is 5.10 Å². The molecule has 0 aliphatic carbocycles. The van der Waals surface area contributed by atoms with Gasteiger partial charge in [-0.05, 0) is 32.8 Å². The van der Waals surface area contributed by atoms with Crippen LogP contribution in [0.2, 0.25) is 5.15 Å². The number of unbranched alkanes of at least 4 members (excludes halogenated alkanes) is 1. The molecule has 24 heavy (non-hydrogen) atoms. The molecule has 1 aromatic rings. The van der Waals surface area contributed by atoms with Gasteiger partial charge < -0.3 is 5.32 Å². The zero-order valence-corrected chi connectivity index (χ0v) is 15.9. The predicted molar refractivity (Wildman–Crippen MR) is 95.7 cm³/mol. The minimum Gasteiger partial charge on any atom is -0.346 e. The summed E-state index contributed by atoms with van der Waals surface area (Å²) < 4.78 is 24.9. The van der Waals surface area contributed by atoms with Crippen molar-refractivity contribution in [3.63, 3.8) is 0 Å². The lowest BCUT2D eigenvalue weighted by molar-refractivity contribution is -0.117. The number of sulfone groups is 1. The van der Waals surface area contributed by atoms with E-state index in [2.05, 4.69) is 17.3 Å². The number of carbonyl (C=O) groups excluding carboxylic acids is 1. The SMILES string of the molecule is CCCCn1nc(C)c(/C=C/C(=O)NC2(C)CCS(=O)(=O)C2)c1Cl. The Morgan fingerprint density at radius 2 is 2.21 bits per heavy atom. The third kappa shape index (κ3) is 4.60. The van der Waals surface area contributed by atoms with Gasteiger partial charge in [0.25, 0.3) is 0 Å². The molecular weight excluding hydrogens is 350 g/mol. The molecule has 1 fully saturated rings. The van der Waals surface area contributed by atoms with Crippen molar-refractivity contribution in [3.05, 3.63) is 22.5 Å². The molecule has 6 nitrogen and oxygen atoms in total. The Morgan fingerprint density at radius 1 is 1.50 bits per heavy atom. The topological polar surface area (TPSA) is 81.1 Å². The highest BCUT2D eigenvalue weighted by molar-refractivity contribution is 7.91. The summed E-state index contributed by atoms with van der Waals surface area (Å²) in [5.74, 6) is -0.233. The maximum atomic E-state index is 12.1. The third-order valence-corrected chi connectivity index (χ3v) is 6.46. The van der Waals surface area contributed by atoms with Crippen LogP contribution in [-0.4, -0.2) is 41.2 Å². The Balaban J connectivity index is 2.05. The van der Waals surface area contributed by atoms with Crippen LogP contribution in [0.1, 0.15) is 44.4 Å². The Morgan fingerprint density at radius 3 is 2.79 bits per heavy atom. The van der Waals surface area contributed by atoms with Crippen molar-refractivity contribution >= 4 is 33.4 Å². The van der Waals surface area contributed by atoms with Gasteiger partial charge in [0.15, 0.2) is 9.84 Å². The molecule has 0 spiro atoms. The highest BCUT2D eigenvalue weighted by Crippen LogP contribution is 2.24. The number of halogens is 1. The number of rotatable bonds is 6. The Labute approximate surface area is 148 Å². The summed E-state index contributed by atoms with van der Waals surface area (Å²) in [4.78, 5) is 12.1. The largest absolute Gasteiger partial charge is 0.346 e. The van der Waals surface area contributed by atoms with Gasteiger partial charge in [0, 0.05) is 18.2 Å². The standard InChI is InChI=1S/C16H24ClN3O3S/c1-4-5-9-20-15(17)13(12(2)19-20)6-7-14(21)18-16(3)8-10-24(22,23)11-16/h6-7H,4-5,8-11H2,1-3H3,(H,18,21)/b7-6+. The Bertz CT molecular complexity index is 755. The van der Waals surface area contributed by atoms with Gasteiger partial charge in [0.2, 0.25) is 5.91 Å². The van der Waals surface area contributed by atoms with Crippen LogP contribution in [0.4, 0.5) is 0 Å². The van der Waals surface area contributed by atoms with Gasteiger partial charge in [0.1, 0.15) is 5.15 Å². The summed E-state index contributed by atoms with van der Waals surface area (Å²) in [7, 11) is -3.06. The molecule has 1 atom stereocenters. The van der Waals surface area contributed by atoms with E-state index >= 15 is 0 Å². The van der Waals surface area contributed by atoms with E-state index in [4.69, 9.17) is 11.6 Å². The average molecular weight is 374 g/mol. The monoisotopic (exact) mass is 373 g/mol. The molecule has 0 radical (unpaired) electrons. The molecule has 1 aromatic heterocycles. The maximum absolute atomic E-state index is 12.1. The van der Waals surface area contributed by atoms with Crippen LogP contribution < -0.4 is 5.32 Å². The van der Waals surface area contributed by atoms with Crippen LogP contribution in [0.3, 0.4) is 0 Å². The number of amides is 1. The summed E-state index contributed by atoms with van der Waals surface area (Å²) in [5.41, 5.74) is 0.770. The number of nitrogens with zero attached hydrogens (tertiary/aromatic N) is 2. The average Bonchev–Trinajstić information content (AvgIpc) is 2.90. The molecular formula is C16H24ClN3O3S. The Hall–Kier alpha value is -1.34. The molecule has 2 heterocycles. The van der Waals surface area contributed by atoms with Crippen molar-refractivity contribution < 1.29 is 13.2 Å². The second kappa shape index (κ2) is 7.27. The lowest BCUT2D eigenvalue weighted by Crippen LogP contribution is -2.46. The van der Waals surface area contributed by atoms with Crippen molar-refractivity contribution in [2.24, 2.45) is 0 Å². The zero-order chi connectivity index (χ0) is 18.0. The molecule has 1 unspecified atom stereocenters. The number of aryl methyl sites for hydroxylation is 2. The fourth-order valence-corrected chi connectivity index (χ4v) is 5.23. The third-order valence-electron chi connectivity index (χ3n) is 4.16. The first-order valence-electron chi connectivity index (χ1n) is 8.09. The highest BCUT2D eigenvalue weighted by Gasteiger charge is 2.39. The predicted octanol–water partition coefficient (Wildman–Crippen LogP) is 2.35. The van der Waals surface area contributed by atoms with Gasteiger partial charge in [-0.25, -0.2) is 8.42 Å². The quantitative estimate of drug-likeness (QED) is 0.776. The van der Waals surface area contributed by atoms with E-state index in [1.165, 1.54) is 6.08 Å². The zero-order valence-electron chi connectivity index (χ0n) is 14.3. The van der Waals surface area contributed by atoms with E-state index in [1.807, 2.05) is 6.92 Å². The van der Waals surface area contributed by atoms with Gasteiger partial charge >= 0.3 is 0 Å². The van der Waals surface area contributed by atoms with E-state index in [1.54, 1.807) is 17.7 Å². The molecule has 1 aliphatic heterocycles. The molecule has 2 rings (SSSR count). The molecule has 0 bridgehead atoms. The number of hydrogen-bond acceptors (Lipinski definition) is 4. The van der Waals surface area contributed by atoms with E-state index in [0.29, 0.717) is 17.1 Å². The molecule has 8 heteroatoms. The van der Waals surface area contributed by atoms with E-state index < -0.39 is 15.4 Å². The molecule has 1 aliphatic rings. The molecule has 1 saturated heterocycles. The fourth-order valence-electron chi connectivity index (χ4n) is 2.82. The van der Waals surface area contributed by atoms with E-state index in [9.17, 15) is 13.2 Å². The molecule has 1 N–H and O–H groups in total. The fraction of sp³-hybridized carbons (Fsp3) is 0.625. The first-order valence-corrected chi connectivity index (χ1v) is 10.3. The Kier molecular flexibility index (Phi) is 5.75. The second-order valence-electron chi connectivity index (χ2n) is 6.59. The van der Waals surface area contributed by atoms with Gasteiger partial charge in [0.05, 0.1) is 22.7 Å². The molecule has 1 amide bonds. The van der Waals surface area contributed by atoms with Crippen LogP contribution in [0.5, 0.6) is 0 Å². The van der Waals surface area contributed by atoms with Crippen molar-refractivity contribution in [1.82, 2.24) is 15.1 Å². The maximum Gasteiger partial charge on any atom is 0.244 e. The smallest absolute Gasteiger partial charge is 0.244 e. The number of hydrogen-bond donors (Lipinski definition) is 1. The lowest BCUT2D eigenvalue weighted by Gasteiger charge is -2.22. The summed E-state index contributed by atoms with van der Waals surface area (Å²) in [6.07, 6.45) is 5.48. The van der Waals surface area contributed by atoms with Crippen molar-refractivity contribution in [3.8, 4) is 0 Å². The van der Waals surface area contributed by atoms with Crippen molar-refractivity contribution in [1.29, 1.82) is 0 Å². The minimum atomic E-state index is -3.06. The lowest BCUT2D eigenvalue weighted by atomic mass is 10.0. The van der Waals surface area contributed by atoms with E-state index in [0.717, 1.165) is 25.1 Å². The van der Waals surface area contributed by atoms with E-state index in [-0.39, 0.29) is 17.4 Å². The minimum absolute atomic E-state index is 0.0195. The van der Waals surface area contributed by atoms with Gasteiger partial charge in [-0.15, -0.1) is 0 Å². The second-order valence-corrected chi connectivity index (χ2v) is 9.13. The summed E-state index contributed by atoms with van der Waals surface area (Å²) in [5, 5.41) is 7.68. The van der Waals surface area contributed by atoms with Crippen LogP contribution in [0, 0.1) is 6.92 Å². The number of aromatic nitrogens is 2. The first kappa shape index (κ1) is 19.0. The first-order chi connectivity index (χ1) is 11.2. The van der Waals surface area contributed by atoms with Crippen LogP contribution in [0.15, 0.2) is 6.08 Å². The van der Waals surface area contributed by atoms with Crippen LogP contribution in [0.25, 0.3) is 6.08 Å². The number of nitrogens with one attached hydrogen (secondary N) is 1. The molecule has 0 saturated carbocycles. The summed E-state index contributed by atoms with van der Waals surface area (Å²) in [6, 6.07) is 0. The van der Waals surface area contributed by atoms with Crippen molar-refractivity contribution in [2.45, 2.75) is 52.1 Å². The van der Waals surface area contributed by atoms with Crippen LogP contribution in [-0.2, 0) is 21.2 Å². The van der Waals surface area contributed by atoms with Gasteiger partial charge in [-0.3, -0.25) is 9.48 Å². The van der Waals surface area contributed by atoms with Gasteiger partial charge in [-0.1, -0.05) is 24.9 Å². The summed E-state index contributed by atoms with van der Waals surface area (Å²) in [6.45, 7) is 6.44. The normalized spacial score (nSPS) is 23.0. The highest BCUT2D eigenvalue weighted by atomic mass is 35.5.